The first-order valence-electron chi connectivity index (χ1n) is 11.4. The van der Waals surface area contributed by atoms with E-state index in [1.54, 1.807) is 14.2 Å². The Labute approximate surface area is 202 Å². The van der Waals surface area contributed by atoms with Gasteiger partial charge in [0.2, 0.25) is 0 Å². The van der Waals surface area contributed by atoms with Crippen LogP contribution in [-0.4, -0.2) is 43.1 Å². The molecule has 0 unspecified atom stereocenters. The van der Waals surface area contributed by atoms with Crippen molar-refractivity contribution in [1.29, 1.82) is 0 Å². The predicted molar refractivity (Wildman–Crippen MR) is 138 cm³/mol. The third-order valence-electron chi connectivity index (χ3n) is 6.30. The number of likely N-dealkylation sites (tertiary alicyclic amines) is 1. The Bertz CT molecular complexity index is 1340. The van der Waals surface area contributed by atoms with Gasteiger partial charge in [0.05, 0.1) is 25.6 Å². The van der Waals surface area contributed by atoms with Gasteiger partial charge in [0.15, 0.2) is 0 Å². The van der Waals surface area contributed by atoms with Crippen molar-refractivity contribution in [2.24, 2.45) is 0 Å². The molecule has 5 rings (SSSR count). The fourth-order valence-electron chi connectivity index (χ4n) is 4.51. The number of nitrogens with zero attached hydrogens (tertiary/aromatic N) is 2. The maximum atomic E-state index is 13.4. The van der Waals surface area contributed by atoms with Crippen LogP contribution >= 0.6 is 11.3 Å². The van der Waals surface area contributed by atoms with Crippen LogP contribution in [0.25, 0.3) is 32.6 Å². The minimum Gasteiger partial charge on any atom is -0.497 e. The van der Waals surface area contributed by atoms with Crippen LogP contribution in [-0.2, 0) is 0 Å². The summed E-state index contributed by atoms with van der Waals surface area (Å²) < 4.78 is 11.2. The van der Waals surface area contributed by atoms with Crippen LogP contribution in [0.2, 0.25) is 0 Å². The van der Waals surface area contributed by atoms with Crippen LogP contribution in [0.3, 0.4) is 0 Å². The largest absolute Gasteiger partial charge is 0.497 e. The molecule has 0 spiro atoms. The van der Waals surface area contributed by atoms with Gasteiger partial charge in [0, 0.05) is 35.2 Å². The van der Waals surface area contributed by atoms with E-state index in [9.17, 15) is 4.79 Å². The summed E-state index contributed by atoms with van der Waals surface area (Å²) in [6.45, 7) is 1.54. The molecular formula is C27H27N3O3S. The maximum absolute atomic E-state index is 13.4. The zero-order valence-corrected chi connectivity index (χ0v) is 20.2. The van der Waals surface area contributed by atoms with Crippen LogP contribution in [0.4, 0.5) is 5.69 Å². The number of fused-ring (bicyclic) bond motifs is 1. The molecule has 2 aromatic heterocycles. The molecule has 3 heterocycles. The quantitative estimate of drug-likeness (QED) is 0.393. The second-order valence-electron chi connectivity index (χ2n) is 8.37. The average molecular weight is 474 g/mol. The molecule has 2 N–H and O–H groups in total. The van der Waals surface area contributed by atoms with E-state index >= 15 is 0 Å². The number of amides is 1. The molecule has 4 aromatic rings. The zero-order valence-electron chi connectivity index (χ0n) is 19.3. The van der Waals surface area contributed by atoms with Crippen molar-refractivity contribution in [3.05, 3.63) is 59.5 Å². The molecule has 0 bridgehead atoms. The minimum atomic E-state index is -0.00924. The first-order valence-corrected chi connectivity index (χ1v) is 12.2. The van der Waals surface area contributed by atoms with Crippen LogP contribution in [0.1, 0.15) is 28.9 Å². The van der Waals surface area contributed by atoms with Gasteiger partial charge in [0.25, 0.3) is 5.91 Å². The highest BCUT2D eigenvalue weighted by Crippen LogP contribution is 2.45. The number of ether oxygens (including phenoxy) is 2. The van der Waals surface area contributed by atoms with E-state index in [4.69, 9.17) is 20.2 Å². The Hall–Kier alpha value is -3.58. The molecule has 1 aliphatic rings. The first kappa shape index (κ1) is 22.2. The number of pyridine rings is 1. The lowest BCUT2D eigenvalue weighted by molar-refractivity contribution is 0.0730. The average Bonchev–Trinajstić information content (AvgIpc) is 3.24. The van der Waals surface area contributed by atoms with Crippen molar-refractivity contribution in [3.8, 4) is 33.9 Å². The van der Waals surface area contributed by atoms with Crippen LogP contribution in [0, 0.1) is 0 Å². The standard InChI is InChI=1S/C27H27N3O3S/c1-32-18-11-12-22(33-2)19(15-18)20-16-21(17-9-5-3-6-10-17)29-26-23(20)24(28)25(34-26)27(31)30-13-7-4-8-14-30/h3,5-6,9-12,15-16H,4,7-8,13-14,28H2,1-2H3. The van der Waals surface area contributed by atoms with Crippen LogP contribution in [0.5, 0.6) is 11.5 Å². The zero-order chi connectivity index (χ0) is 23.7. The Morgan fingerprint density at radius 2 is 1.74 bits per heavy atom. The summed E-state index contributed by atoms with van der Waals surface area (Å²) in [7, 11) is 3.28. The van der Waals surface area contributed by atoms with Gasteiger partial charge in [0.1, 0.15) is 21.2 Å². The highest BCUT2D eigenvalue weighted by Gasteiger charge is 2.26. The van der Waals surface area contributed by atoms with Gasteiger partial charge in [-0.1, -0.05) is 30.3 Å². The summed E-state index contributed by atoms with van der Waals surface area (Å²) in [5.41, 5.74) is 10.7. The lowest BCUT2D eigenvalue weighted by Gasteiger charge is -2.26. The molecule has 2 aromatic carbocycles. The Kier molecular flexibility index (Phi) is 6.11. The molecule has 1 aliphatic heterocycles. The van der Waals surface area contributed by atoms with E-state index in [2.05, 4.69) is 0 Å². The fraction of sp³-hybridized carbons (Fsp3) is 0.259. The van der Waals surface area contributed by atoms with E-state index in [1.807, 2.05) is 59.5 Å². The van der Waals surface area contributed by atoms with Crippen LogP contribution in [0.15, 0.2) is 54.6 Å². The SMILES string of the molecule is COc1ccc(OC)c(-c2cc(-c3ccccc3)nc3sc(C(=O)N4CCCCC4)c(N)c23)c1. The summed E-state index contributed by atoms with van der Waals surface area (Å²) in [5, 5.41) is 0.775. The number of carbonyl (C=O) groups is 1. The maximum Gasteiger partial charge on any atom is 0.266 e. The molecule has 7 heteroatoms. The van der Waals surface area contributed by atoms with Crippen LogP contribution < -0.4 is 15.2 Å². The number of nitrogen functional groups attached to an aromatic ring is 1. The number of thiophene rings is 1. The monoisotopic (exact) mass is 473 g/mol. The van der Waals surface area contributed by atoms with Crippen molar-refractivity contribution < 1.29 is 14.3 Å². The van der Waals surface area contributed by atoms with Gasteiger partial charge in [-0.3, -0.25) is 4.79 Å². The van der Waals surface area contributed by atoms with E-state index < -0.39 is 0 Å². The molecule has 1 amide bonds. The Morgan fingerprint density at radius 1 is 0.971 bits per heavy atom. The van der Waals surface area contributed by atoms with Crippen molar-refractivity contribution in [2.75, 3.05) is 33.0 Å². The predicted octanol–water partition coefficient (Wildman–Crippen LogP) is 5.86. The number of benzene rings is 2. The Balaban J connectivity index is 1.76. The summed E-state index contributed by atoms with van der Waals surface area (Å²) >= 11 is 1.37. The van der Waals surface area contributed by atoms with Crippen molar-refractivity contribution >= 4 is 33.1 Å². The third-order valence-corrected chi connectivity index (χ3v) is 7.39. The van der Waals surface area contributed by atoms with Crippen molar-refractivity contribution in [1.82, 2.24) is 9.88 Å². The number of carbonyl (C=O) groups excluding carboxylic acids is 1. The third kappa shape index (κ3) is 3.96. The number of methoxy groups -OCH3 is 2. The summed E-state index contributed by atoms with van der Waals surface area (Å²) in [4.78, 5) is 21.5. The number of rotatable bonds is 5. The topological polar surface area (TPSA) is 77.7 Å². The second kappa shape index (κ2) is 9.35. The molecule has 0 saturated carbocycles. The lowest BCUT2D eigenvalue weighted by Crippen LogP contribution is -2.35. The lowest BCUT2D eigenvalue weighted by atomic mass is 9.98. The van der Waals surface area contributed by atoms with Gasteiger partial charge in [-0.2, -0.15) is 0 Å². The molecule has 34 heavy (non-hydrogen) atoms. The molecule has 1 saturated heterocycles. The van der Waals surface area contributed by atoms with E-state index in [1.165, 1.54) is 11.3 Å². The van der Waals surface area contributed by atoms with Gasteiger partial charge in [-0.15, -0.1) is 11.3 Å². The number of hydrogen-bond acceptors (Lipinski definition) is 6. The summed E-state index contributed by atoms with van der Waals surface area (Å²) in [5.74, 6) is 1.40. The number of hydrogen-bond donors (Lipinski definition) is 1. The van der Waals surface area contributed by atoms with Crippen molar-refractivity contribution in [3.63, 3.8) is 0 Å². The number of aromatic nitrogens is 1. The molecule has 1 fully saturated rings. The van der Waals surface area contributed by atoms with E-state index in [0.717, 1.165) is 65.0 Å². The smallest absolute Gasteiger partial charge is 0.266 e. The summed E-state index contributed by atoms with van der Waals surface area (Å²) in [6, 6.07) is 17.7. The molecular weight excluding hydrogens is 446 g/mol. The van der Waals surface area contributed by atoms with Gasteiger partial charge >= 0.3 is 0 Å². The highest BCUT2D eigenvalue weighted by atomic mass is 32.1. The molecule has 0 radical (unpaired) electrons. The number of piperidine rings is 1. The molecule has 6 nitrogen and oxygen atoms in total. The first-order chi connectivity index (χ1) is 16.6. The molecule has 0 aliphatic carbocycles. The normalized spacial score (nSPS) is 13.8. The van der Waals surface area contributed by atoms with E-state index in [0.29, 0.717) is 22.1 Å². The van der Waals surface area contributed by atoms with Crippen molar-refractivity contribution in [2.45, 2.75) is 19.3 Å². The number of nitrogens with two attached hydrogens (primary N) is 1. The van der Waals surface area contributed by atoms with Gasteiger partial charge in [-0.25, -0.2) is 4.98 Å². The van der Waals surface area contributed by atoms with Gasteiger partial charge in [-0.05, 0) is 43.5 Å². The molecule has 174 valence electrons. The number of anilines is 1. The molecule has 0 atom stereocenters. The van der Waals surface area contributed by atoms with Gasteiger partial charge < -0.3 is 20.1 Å². The summed E-state index contributed by atoms with van der Waals surface area (Å²) in [6.07, 6.45) is 3.21. The second-order valence-corrected chi connectivity index (χ2v) is 9.36. The highest BCUT2D eigenvalue weighted by molar-refractivity contribution is 7.21. The Morgan fingerprint density at radius 3 is 2.44 bits per heavy atom. The fourth-order valence-corrected chi connectivity index (χ4v) is 5.60. The van der Waals surface area contributed by atoms with E-state index in [-0.39, 0.29) is 5.91 Å². The minimum absolute atomic E-state index is 0.00924.